The van der Waals surface area contributed by atoms with Gasteiger partial charge in [-0.25, -0.2) is 8.78 Å². The predicted molar refractivity (Wildman–Crippen MR) is 95.9 cm³/mol. The van der Waals surface area contributed by atoms with Gasteiger partial charge in [-0.2, -0.15) is 0 Å². The molecule has 1 saturated heterocycles. The van der Waals surface area contributed by atoms with E-state index in [-0.39, 0.29) is 17.9 Å². The van der Waals surface area contributed by atoms with Crippen LogP contribution >= 0.6 is 0 Å². The third-order valence-corrected chi connectivity index (χ3v) is 5.71. The van der Waals surface area contributed by atoms with E-state index in [4.69, 9.17) is 4.74 Å². The Balaban J connectivity index is 1.52. The van der Waals surface area contributed by atoms with Crippen LogP contribution < -0.4 is 5.32 Å². The number of hydrogen-bond acceptors (Lipinski definition) is 3. The van der Waals surface area contributed by atoms with E-state index in [0.29, 0.717) is 18.5 Å². The molecule has 1 amide bonds. The maximum Gasteiger partial charge on any atom is 0.220 e. The normalized spacial score (nSPS) is 20.7. The van der Waals surface area contributed by atoms with Crippen LogP contribution in [0.2, 0.25) is 0 Å². The molecule has 1 aromatic carbocycles. The van der Waals surface area contributed by atoms with Crippen LogP contribution in [0.25, 0.3) is 0 Å². The maximum absolute atomic E-state index is 13.3. The van der Waals surface area contributed by atoms with Crippen molar-refractivity contribution in [2.45, 2.75) is 50.5 Å². The van der Waals surface area contributed by atoms with Crippen molar-refractivity contribution in [1.82, 2.24) is 10.2 Å². The Bertz CT molecular complexity index is 612. The lowest BCUT2D eigenvalue weighted by molar-refractivity contribution is -0.122. The van der Waals surface area contributed by atoms with Crippen LogP contribution in [0.3, 0.4) is 0 Å². The Morgan fingerprint density at radius 3 is 2.54 bits per heavy atom. The van der Waals surface area contributed by atoms with E-state index in [1.165, 1.54) is 31.4 Å². The summed E-state index contributed by atoms with van der Waals surface area (Å²) < 4.78 is 31.7. The zero-order valence-electron chi connectivity index (χ0n) is 15.2. The molecule has 1 heterocycles. The number of carbonyl (C=O) groups excluding carboxylic acids is 1. The second-order valence-electron chi connectivity index (χ2n) is 7.41. The monoisotopic (exact) mass is 366 g/mol. The maximum atomic E-state index is 13.3. The summed E-state index contributed by atoms with van der Waals surface area (Å²) >= 11 is 0. The summed E-state index contributed by atoms with van der Waals surface area (Å²) in [6.45, 7) is 4.01. The van der Waals surface area contributed by atoms with Crippen LogP contribution in [0.5, 0.6) is 0 Å². The van der Waals surface area contributed by atoms with Crippen molar-refractivity contribution >= 4 is 5.91 Å². The van der Waals surface area contributed by atoms with Crippen molar-refractivity contribution in [3.05, 3.63) is 35.4 Å². The molecule has 2 fully saturated rings. The Morgan fingerprint density at radius 1 is 1.12 bits per heavy atom. The molecule has 0 atom stereocenters. The molecule has 144 valence electrons. The first kappa shape index (κ1) is 19.2. The summed E-state index contributed by atoms with van der Waals surface area (Å²) in [6, 6.07) is 3.80. The van der Waals surface area contributed by atoms with Gasteiger partial charge in [0.25, 0.3) is 0 Å². The van der Waals surface area contributed by atoms with Crippen LogP contribution in [-0.2, 0) is 16.0 Å². The van der Waals surface area contributed by atoms with Crippen LogP contribution in [-0.4, -0.2) is 49.2 Å². The zero-order chi connectivity index (χ0) is 18.4. The summed E-state index contributed by atoms with van der Waals surface area (Å²) in [5, 5.41) is 3.10. The molecule has 1 N–H and O–H groups in total. The van der Waals surface area contributed by atoms with Gasteiger partial charge in [0.2, 0.25) is 5.91 Å². The lowest BCUT2D eigenvalue weighted by atomic mass is 9.79. The molecule has 3 rings (SSSR count). The number of rotatable bonds is 6. The fourth-order valence-electron chi connectivity index (χ4n) is 4.16. The van der Waals surface area contributed by atoms with Crippen molar-refractivity contribution in [3.8, 4) is 0 Å². The standard InChI is InChI=1S/C20H28F2N2O2/c21-17-6-4-16(14-18(17)22)5-7-19(25)23-15-20(8-2-1-3-9-20)24-10-12-26-13-11-24/h4,6,14H,1-3,5,7-13,15H2,(H,23,25). The average molecular weight is 366 g/mol. The Hall–Kier alpha value is -1.53. The Morgan fingerprint density at radius 2 is 1.85 bits per heavy atom. The summed E-state index contributed by atoms with van der Waals surface area (Å²) in [5.74, 6) is -1.76. The summed E-state index contributed by atoms with van der Waals surface area (Å²) in [7, 11) is 0. The van der Waals surface area contributed by atoms with Gasteiger partial charge in [-0.3, -0.25) is 9.69 Å². The van der Waals surface area contributed by atoms with Gasteiger partial charge in [-0.1, -0.05) is 25.3 Å². The molecular weight excluding hydrogens is 338 g/mol. The largest absolute Gasteiger partial charge is 0.379 e. The Kier molecular flexibility index (Phi) is 6.59. The van der Waals surface area contributed by atoms with E-state index in [2.05, 4.69) is 10.2 Å². The van der Waals surface area contributed by atoms with Gasteiger partial charge in [-0.05, 0) is 37.0 Å². The van der Waals surface area contributed by atoms with Crippen molar-refractivity contribution in [1.29, 1.82) is 0 Å². The lowest BCUT2D eigenvalue weighted by Gasteiger charge is -2.48. The van der Waals surface area contributed by atoms with Gasteiger partial charge < -0.3 is 10.1 Å². The third-order valence-electron chi connectivity index (χ3n) is 5.71. The van der Waals surface area contributed by atoms with Gasteiger partial charge in [0.05, 0.1) is 13.2 Å². The molecule has 6 heteroatoms. The second kappa shape index (κ2) is 8.91. The zero-order valence-corrected chi connectivity index (χ0v) is 15.2. The minimum absolute atomic E-state index is 0.0343. The van der Waals surface area contributed by atoms with Crippen LogP contribution in [0.1, 0.15) is 44.1 Å². The highest BCUT2D eigenvalue weighted by molar-refractivity contribution is 5.76. The van der Waals surface area contributed by atoms with Crippen LogP contribution in [0.15, 0.2) is 18.2 Å². The molecule has 1 aromatic rings. The molecule has 4 nitrogen and oxygen atoms in total. The summed E-state index contributed by atoms with van der Waals surface area (Å²) in [6.07, 6.45) is 6.56. The van der Waals surface area contributed by atoms with E-state index in [9.17, 15) is 13.6 Å². The first-order chi connectivity index (χ1) is 12.6. The molecule has 0 aromatic heterocycles. The quantitative estimate of drug-likeness (QED) is 0.841. The molecule has 0 spiro atoms. The first-order valence-electron chi connectivity index (χ1n) is 9.62. The predicted octanol–water partition coefficient (Wildman–Crippen LogP) is 3.05. The highest BCUT2D eigenvalue weighted by Gasteiger charge is 2.38. The number of hydrogen-bond donors (Lipinski definition) is 1. The highest BCUT2D eigenvalue weighted by Crippen LogP contribution is 2.33. The molecule has 0 unspecified atom stereocenters. The SMILES string of the molecule is O=C(CCc1ccc(F)c(F)c1)NCC1(N2CCOCC2)CCCCC1. The number of carbonyl (C=O) groups is 1. The van der Waals surface area contributed by atoms with Crippen molar-refractivity contribution < 1.29 is 18.3 Å². The lowest BCUT2D eigenvalue weighted by Crippen LogP contribution is -2.59. The van der Waals surface area contributed by atoms with Gasteiger partial charge in [0.15, 0.2) is 11.6 Å². The van der Waals surface area contributed by atoms with Crippen molar-refractivity contribution in [2.24, 2.45) is 0 Å². The summed E-state index contributed by atoms with van der Waals surface area (Å²) in [4.78, 5) is 14.8. The minimum Gasteiger partial charge on any atom is -0.379 e. The van der Waals surface area contributed by atoms with Crippen molar-refractivity contribution in [3.63, 3.8) is 0 Å². The topological polar surface area (TPSA) is 41.6 Å². The van der Waals surface area contributed by atoms with E-state index in [0.717, 1.165) is 45.2 Å². The fraction of sp³-hybridized carbons (Fsp3) is 0.650. The van der Waals surface area contributed by atoms with Crippen LogP contribution in [0, 0.1) is 11.6 Å². The smallest absolute Gasteiger partial charge is 0.220 e. The van der Waals surface area contributed by atoms with Gasteiger partial charge in [0, 0.05) is 31.6 Å². The molecule has 2 aliphatic rings. The van der Waals surface area contributed by atoms with E-state index >= 15 is 0 Å². The molecule has 26 heavy (non-hydrogen) atoms. The van der Waals surface area contributed by atoms with E-state index in [1.54, 1.807) is 0 Å². The molecule has 0 radical (unpaired) electrons. The number of amides is 1. The minimum atomic E-state index is -0.864. The van der Waals surface area contributed by atoms with Gasteiger partial charge >= 0.3 is 0 Å². The number of morpholine rings is 1. The van der Waals surface area contributed by atoms with Gasteiger partial charge in [-0.15, -0.1) is 0 Å². The molecule has 1 saturated carbocycles. The average Bonchev–Trinajstić information content (AvgIpc) is 2.69. The molecular formula is C20H28F2N2O2. The van der Waals surface area contributed by atoms with E-state index in [1.807, 2.05) is 0 Å². The fourth-order valence-corrected chi connectivity index (χ4v) is 4.16. The van der Waals surface area contributed by atoms with Gasteiger partial charge in [0.1, 0.15) is 0 Å². The van der Waals surface area contributed by atoms with Crippen LogP contribution in [0.4, 0.5) is 8.78 Å². The number of ether oxygens (including phenoxy) is 1. The highest BCUT2D eigenvalue weighted by atomic mass is 19.2. The number of aryl methyl sites for hydroxylation is 1. The number of nitrogens with zero attached hydrogens (tertiary/aromatic N) is 1. The van der Waals surface area contributed by atoms with Crippen molar-refractivity contribution in [2.75, 3.05) is 32.8 Å². The molecule has 1 aliphatic heterocycles. The number of halogens is 2. The number of nitrogens with one attached hydrogen (secondary N) is 1. The molecule has 1 aliphatic carbocycles. The Labute approximate surface area is 153 Å². The third kappa shape index (κ3) is 4.80. The molecule has 0 bridgehead atoms. The summed E-state index contributed by atoms with van der Waals surface area (Å²) in [5.41, 5.74) is 0.680. The van der Waals surface area contributed by atoms with E-state index < -0.39 is 11.6 Å². The second-order valence-corrected chi connectivity index (χ2v) is 7.41. The number of benzene rings is 1. The first-order valence-corrected chi connectivity index (χ1v) is 9.62.